The topological polar surface area (TPSA) is 71.5 Å². The third-order valence-corrected chi connectivity index (χ3v) is 3.99. The number of rotatable bonds is 5. The van der Waals surface area contributed by atoms with E-state index in [1.807, 2.05) is 30.3 Å². The summed E-state index contributed by atoms with van der Waals surface area (Å²) in [5, 5.41) is 13.7. The van der Waals surface area contributed by atoms with Crippen LogP contribution >= 0.6 is 11.6 Å². The van der Waals surface area contributed by atoms with Crippen molar-refractivity contribution in [1.82, 2.24) is 4.98 Å². The second-order valence-electron chi connectivity index (χ2n) is 5.20. The number of para-hydroxylation sites is 1. The molecule has 3 rings (SSSR count). The van der Waals surface area contributed by atoms with Gasteiger partial charge in [-0.1, -0.05) is 29.8 Å². The van der Waals surface area contributed by atoms with Crippen LogP contribution in [0.3, 0.4) is 0 Å². The largest absolute Gasteiger partial charge is 0.495 e. The van der Waals surface area contributed by atoms with Crippen molar-refractivity contribution in [3.8, 4) is 5.75 Å². The summed E-state index contributed by atoms with van der Waals surface area (Å²) in [4.78, 5) is 15.5. The van der Waals surface area contributed by atoms with E-state index in [0.29, 0.717) is 23.1 Å². The first-order valence-electron chi connectivity index (χ1n) is 7.28. The molecule has 0 bridgehead atoms. The lowest BCUT2D eigenvalue weighted by atomic mass is 10.1. The molecule has 6 heteroatoms. The van der Waals surface area contributed by atoms with E-state index in [-0.39, 0.29) is 5.56 Å². The molecule has 0 aliphatic rings. The molecule has 5 nitrogen and oxygen atoms in total. The van der Waals surface area contributed by atoms with Crippen molar-refractivity contribution in [2.24, 2.45) is 0 Å². The normalized spacial score (nSPS) is 10.6. The summed E-state index contributed by atoms with van der Waals surface area (Å²) in [6.07, 6.45) is 0. The van der Waals surface area contributed by atoms with Gasteiger partial charge in [0.15, 0.2) is 0 Å². The number of nitrogens with zero attached hydrogens (tertiary/aromatic N) is 1. The molecule has 1 heterocycles. The quantitative estimate of drug-likeness (QED) is 0.680. The lowest BCUT2D eigenvalue weighted by molar-refractivity contribution is 0.0697. The van der Waals surface area contributed by atoms with Gasteiger partial charge in [0.2, 0.25) is 0 Å². The van der Waals surface area contributed by atoms with Gasteiger partial charge < -0.3 is 15.2 Å². The van der Waals surface area contributed by atoms with Crippen LogP contribution in [0.1, 0.15) is 15.9 Å². The highest BCUT2D eigenvalue weighted by Gasteiger charge is 2.10. The number of benzene rings is 2. The molecule has 0 aliphatic heterocycles. The summed E-state index contributed by atoms with van der Waals surface area (Å²) in [5.74, 6) is -0.434. The van der Waals surface area contributed by atoms with Crippen LogP contribution in [-0.2, 0) is 6.54 Å². The lowest BCUT2D eigenvalue weighted by Crippen LogP contribution is -2.05. The number of fused-ring (bicyclic) bond motifs is 1. The van der Waals surface area contributed by atoms with Crippen LogP contribution in [0, 0.1) is 0 Å². The fourth-order valence-electron chi connectivity index (χ4n) is 2.43. The first-order chi connectivity index (χ1) is 11.6. The van der Waals surface area contributed by atoms with Crippen molar-refractivity contribution in [2.75, 3.05) is 12.4 Å². The van der Waals surface area contributed by atoms with E-state index in [9.17, 15) is 4.79 Å². The summed E-state index contributed by atoms with van der Waals surface area (Å²) in [6.45, 7) is 0.399. The molecule has 0 aliphatic carbocycles. The zero-order valence-corrected chi connectivity index (χ0v) is 13.7. The summed E-state index contributed by atoms with van der Waals surface area (Å²) in [5.41, 5.74) is 2.41. The molecule has 122 valence electrons. The predicted octanol–water partition coefficient (Wildman–Crippen LogP) is 4.21. The van der Waals surface area contributed by atoms with E-state index in [4.69, 9.17) is 21.4 Å². The van der Waals surface area contributed by atoms with E-state index in [1.54, 1.807) is 6.07 Å². The molecular weight excluding hydrogens is 328 g/mol. The summed E-state index contributed by atoms with van der Waals surface area (Å²) >= 11 is 6.25. The van der Waals surface area contributed by atoms with E-state index in [1.165, 1.54) is 19.2 Å². The highest BCUT2D eigenvalue weighted by molar-refractivity contribution is 6.30. The van der Waals surface area contributed by atoms with Gasteiger partial charge >= 0.3 is 5.97 Å². The summed E-state index contributed by atoms with van der Waals surface area (Å²) < 4.78 is 5.26. The SMILES string of the molecule is COc1ccc(C(=O)O)cc1NCc1cc2ccccc2nc1Cl. The molecule has 0 saturated carbocycles. The van der Waals surface area contributed by atoms with Gasteiger partial charge in [-0.15, -0.1) is 0 Å². The first kappa shape index (κ1) is 16.1. The number of pyridine rings is 1. The second-order valence-corrected chi connectivity index (χ2v) is 5.56. The number of ether oxygens (including phenoxy) is 1. The fourth-order valence-corrected chi connectivity index (χ4v) is 2.64. The molecule has 2 N–H and O–H groups in total. The molecule has 0 amide bonds. The molecular formula is C18H15ClN2O3. The Balaban J connectivity index is 1.89. The molecule has 3 aromatic rings. The lowest BCUT2D eigenvalue weighted by Gasteiger charge is -2.13. The van der Waals surface area contributed by atoms with Crippen LogP contribution in [0.25, 0.3) is 10.9 Å². The van der Waals surface area contributed by atoms with E-state index in [0.717, 1.165) is 16.5 Å². The maximum atomic E-state index is 11.1. The van der Waals surface area contributed by atoms with Crippen molar-refractivity contribution in [3.05, 3.63) is 64.8 Å². The van der Waals surface area contributed by atoms with Crippen LogP contribution in [0.5, 0.6) is 5.75 Å². The minimum atomic E-state index is -0.994. The van der Waals surface area contributed by atoms with Gasteiger partial charge in [-0.2, -0.15) is 0 Å². The van der Waals surface area contributed by atoms with Crippen LogP contribution < -0.4 is 10.1 Å². The van der Waals surface area contributed by atoms with Gasteiger partial charge in [-0.3, -0.25) is 0 Å². The number of carbonyl (C=O) groups is 1. The minimum absolute atomic E-state index is 0.182. The number of carboxylic acid groups (broad SMARTS) is 1. The Bertz CT molecular complexity index is 912. The number of carboxylic acids is 1. The van der Waals surface area contributed by atoms with Crippen LogP contribution in [0.2, 0.25) is 5.15 Å². The Morgan fingerprint density at radius 2 is 2.04 bits per heavy atom. The third-order valence-electron chi connectivity index (χ3n) is 3.67. The Morgan fingerprint density at radius 3 is 2.79 bits per heavy atom. The number of anilines is 1. The molecule has 2 aromatic carbocycles. The average molecular weight is 343 g/mol. The van der Waals surface area contributed by atoms with Gasteiger partial charge in [-0.25, -0.2) is 9.78 Å². The highest BCUT2D eigenvalue weighted by atomic mass is 35.5. The fraction of sp³-hybridized carbons (Fsp3) is 0.111. The van der Waals surface area contributed by atoms with Crippen molar-refractivity contribution in [3.63, 3.8) is 0 Å². The van der Waals surface area contributed by atoms with Gasteiger partial charge in [-0.05, 0) is 30.3 Å². The van der Waals surface area contributed by atoms with Crippen molar-refractivity contribution in [1.29, 1.82) is 0 Å². The average Bonchev–Trinajstić information content (AvgIpc) is 2.59. The van der Waals surface area contributed by atoms with Gasteiger partial charge in [0, 0.05) is 17.5 Å². The number of aromatic carboxylic acids is 1. The standard InChI is InChI=1S/C18H15ClN2O3/c1-24-16-7-6-12(18(22)23)9-15(16)20-10-13-8-11-4-2-3-5-14(11)21-17(13)19/h2-9,20H,10H2,1H3,(H,22,23). The van der Waals surface area contributed by atoms with Crippen LogP contribution in [-0.4, -0.2) is 23.2 Å². The maximum absolute atomic E-state index is 11.1. The number of aromatic nitrogens is 1. The van der Waals surface area contributed by atoms with Gasteiger partial charge in [0.05, 0.1) is 23.9 Å². The van der Waals surface area contributed by atoms with Crippen molar-refractivity contribution in [2.45, 2.75) is 6.54 Å². The zero-order chi connectivity index (χ0) is 17.1. The molecule has 1 aromatic heterocycles. The van der Waals surface area contributed by atoms with Gasteiger partial charge in [0.25, 0.3) is 0 Å². The molecule has 0 unspecified atom stereocenters. The number of nitrogens with one attached hydrogen (secondary N) is 1. The molecule has 0 radical (unpaired) electrons. The molecule has 0 saturated heterocycles. The second kappa shape index (κ2) is 6.76. The Labute approximate surface area is 143 Å². The van der Waals surface area contributed by atoms with Gasteiger partial charge in [0.1, 0.15) is 10.9 Å². The van der Waals surface area contributed by atoms with E-state index in [2.05, 4.69) is 10.3 Å². The number of methoxy groups -OCH3 is 1. The maximum Gasteiger partial charge on any atom is 0.335 e. The monoisotopic (exact) mass is 342 g/mol. The van der Waals surface area contributed by atoms with E-state index < -0.39 is 5.97 Å². The van der Waals surface area contributed by atoms with Crippen molar-refractivity contribution >= 4 is 34.2 Å². The Kier molecular flexibility index (Phi) is 4.53. The zero-order valence-electron chi connectivity index (χ0n) is 12.9. The third kappa shape index (κ3) is 3.26. The number of hydrogen-bond donors (Lipinski definition) is 2. The predicted molar refractivity (Wildman–Crippen MR) is 94.0 cm³/mol. The number of hydrogen-bond acceptors (Lipinski definition) is 4. The number of halogens is 1. The Hall–Kier alpha value is -2.79. The minimum Gasteiger partial charge on any atom is -0.495 e. The smallest absolute Gasteiger partial charge is 0.335 e. The molecule has 24 heavy (non-hydrogen) atoms. The molecule has 0 atom stereocenters. The summed E-state index contributed by atoms with van der Waals surface area (Å²) in [6, 6.07) is 14.3. The van der Waals surface area contributed by atoms with Crippen LogP contribution in [0.4, 0.5) is 5.69 Å². The van der Waals surface area contributed by atoms with Crippen LogP contribution in [0.15, 0.2) is 48.5 Å². The van der Waals surface area contributed by atoms with E-state index >= 15 is 0 Å². The van der Waals surface area contributed by atoms with Crippen molar-refractivity contribution < 1.29 is 14.6 Å². The highest BCUT2D eigenvalue weighted by Crippen LogP contribution is 2.27. The molecule has 0 fully saturated rings. The summed E-state index contributed by atoms with van der Waals surface area (Å²) in [7, 11) is 1.53. The first-order valence-corrected chi connectivity index (χ1v) is 7.65. The Morgan fingerprint density at radius 1 is 1.25 bits per heavy atom. The molecule has 0 spiro atoms.